The molecule has 4 N–H and O–H groups in total. The van der Waals surface area contributed by atoms with E-state index in [4.69, 9.17) is 4.74 Å². The number of nitrogens with one attached hydrogen (secondary N) is 3. The zero-order valence-corrected chi connectivity index (χ0v) is 13.2. The smallest absolute Gasteiger partial charge is 0.315 e. The van der Waals surface area contributed by atoms with Gasteiger partial charge in [0, 0.05) is 12.8 Å². The van der Waals surface area contributed by atoms with Crippen LogP contribution >= 0.6 is 0 Å². The Bertz CT molecular complexity index is 499. The summed E-state index contributed by atoms with van der Waals surface area (Å²) < 4.78 is 4.88. The molecule has 122 valence electrons. The largest absolute Gasteiger partial charge is 0.366 e. The number of hydrogen-bond donors (Lipinski definition) is 4. The Balaban J connectivity index is 1.81. The average Bonchev–Trinajstić information content (AvgIpc) is 2.92. The standard InChI is InChI=1S/C15H24N4O3/c1-9(2)13(14(20)22-3)19-15(21)16-8-12-17-10-6-4-5-7-11(10)18-12/h4-6,9,11,13-14,20H,7-8H2,1-3H3,(H,17,18)(H2,16,19,21)/t11?,13-,14?/m0/s1. The average molecular weight is 308 g/mol. The van der Waals surface area contributed by atoms with E-state index in [2.05, 4.69) is 27.0 Å². The molecule has 0 bridgehead atoms. The normalized spacial score (nSPS) is 22.3. The molecule has 2 unspecified atom stereocenters. The number of amides is 2. The number of methoxy groups -OCH3 is 1. The van der Waals surface area contributed by atoms with Crippen molar-refractivity contribution in [3.05, 3.63) is 23.9 Å². The van der Waals surface area contributed by atoms with Crippen LogP contribution in [0.25, 0.3) is 0 Å². The van der Waals surface area contributed by atoms with Gasteiger partial charge in [0.15, 0.2) is 6.29 Å². The maximum absolute atomic E-state index is 12.0. The van der Waals surface area contributed by atoms with Crippen LogP contribution in [0.4, 0.5) is 4.79 Å². The molecule has 22 heavy (non-hydrogen) atoms. The number of aliphatic imine (C=N–C) groups is 1. The van der Waals surface area contributed by atoms with Gasteiger partial charge in [0.2, 0.25) is 0 Å². The summed E-state index contributed by atoms with van der Waals surface area (Å²) in [4.78, 5) is 16.5. The summed E-state index contributed by atoms with van der Waals surface area (Å²) in [5, 5.41) is 18.4. The van der Waals surface area contributed by atoms with Crippen molar-refractivity contribution in [1.82, 2.24) is 16.0 Å². The van der Waals surface area contributed by atoms with Crippen LogP contribution in [0.2, 0.25) is 0 Å². The molecule has 0 fully saturated rings. The number of amidine groups is 1. The van der Waals surface area contributed by atoms with Gasteiger partial charge >= 0.3 is 6.03 Å². The second kappa shape index (κ2) is 7.42. The predicted molar refractivity (Wildman–Crippen MR) is 84.4 cm³/mol. The summed E-state index contributed by atoms with van der Waals surface area (Å²) in [6.07, 6.45) is 5.91. The quantitative estimate of drug-likeness (QED) is 0.537. The van der Waals surface area contributed by atoms with Crippen molar-refractivity contribution in [2.24, 2.45) is 10.9 Å². The lowest BCUT2D eigenvalue weighted by Crippen LogP contribution is -2.52. The third-order valence-electron chi connectivity index (χ3n) is 3.71. The maximum Gasteiger partial charge on any atom is 0.315 e. The van der Waals surface area contributed by atoms with Crippen LogP contribution in [0, 0.1) is 5.92 Å². The Hall–Kier alpha value is -1.86. The van der Waals surface area contributed by atoms with Crippen LogP contribution in [0.5, 0.6) is 0 Å². The molecule has 0 aromatic heterocycles. The molecule has 2 amide bonds. The maximum atomic E-state index is 12.0. The van der Waals surface area contributed by atoms with Crippen molar-refractivity contribution >= 4 is 11.9 Å². The molecular weight excluding hydrogens is 284 g/mol. The second-order valence-corrected chi connectivity index (χ2v) is 5.73. The molecule has 0 aromatic carbocycles. The monoisotopic (exact) mass is 308 g/mol. The van der Waals surface area contributed by atoms with Gasteiger partial charge in [-0.05, 0) is 18.4 Å². The van der Waals surface area contributed by atoms with Gasteiger partial charge in [0.25, 0.3) is 0 Å². The molecule has 0 spiro atoms. The van der Waals surface area contributed by atoms with Crippen LogP contribution in [-0.4, -0.2) is 49.0 Å². The number of aliphatic hydroxyl groups is 1. The Kier molecular flexibility index (Phi) is 5.57. The molecule has 3 atom stereocenters. The van der Waals surface area contributed by atoms with E-state index < -0.39 is 12.3 Å². The number of carbonyl (C=O) groups is 1. The van der Waals surface area contributed by atoms with Crippen LogP contribution in [0.1, 0.15) is 20.3 Å². The molecule has 2 aliphatic rings. The molecule has 1 aliphatic carbocycles. The summed E-state index contributed by atoms with van der Waals surface area (Å²) in [6.45, 7) is 4.12. The number of carbonyl (C=O) groups excluding carboxylic acids is 1. The topological polar surface area (TPSA) is 95.0 Å². The summed E-state index contributed by atoms with van der Waals surface area (Å²) >= 11 is 0. The fraction of sp³-hybridized carbons (Fsp3) is 0.600. The first-order valence-electron chi connectivity index (χ1n) is 7.47. The predicted octanol–water partition coefficient (Wildman–Crippen LogP) is 0.489. The van der Waals surface area contributed by atoms with E-state index in [0.29, 0.717) is 6.54 Å². The molecule has 1 heterocycles. The van der Waals surface area contributed by atoms with E-state index in [1.165, 1.54) is 7.11 Å². The third kappa shape index (κ3) is 4.08. The lowest BCUT2D eigenvalue weighted by atomic mass is 10.0. The van der Waals surface area contributed by atoms with Crippen molar-refractivity contribution in [3.8, 4) is 0 Å². The summed E-state index contributed by atoms with van der Waals surface area (Å²) in [6, 6.07) is -0.692. The minimum atomic E-state index is -1.04. The Morgan fingerprint density at radius 3 is 3.00 bits per heavy atom. The first-order valence-corrected chi connectivity index (χ1v) is 7.47. The molecular formula is C15H24N4O3. The SMILES string of the molecule is COC(O)[C@@H](NC(=O)NCC1=NC2CC=CC=C2N1)C(C)C. The molecule has 0 saturated heterocycles. The molecule has 2 rings (SSSR count). The second-order valence-electron chi connectivity index (χ2n) is 5.73. The van der Waals surface area contributed by atoms with Gasteiger partial charge in [0.05, 0.1) is 18.6 Å². The first kappa shape index (κ1) is 16.5. The van der Waals surface area contributed by atoms with Crippen LogP contribution in [-0.2, 0) is 4.74 Å². The van der Waals surface area contributed by atoms with Gasteiger partial charge < -0.3 is 25.8 Å². The van der Waals surface area contributed by atoms with Gasteiger partial charge in [0.1, 0.15) is 5.84 Å². The molecule has 0 radical (unpaired) electrons. The molecule has 7 nitrogen and oxygen atoms in total. The highest BCUT2D eigenvalue weighted by molar-refractivity contribution is 5.91. The zero-order chi connectivity index (χ0) is 16.1. The Labute approximate surface area is 130 Å². The number of ether oxygens (including phenoxy) is 1. The number of hydrogen-bond acceptors (Lipinski definition) is 5. The minimum absolute atomic E-state index is 0.0433. The number of aliphatic hydroxyl groups excluding tert-OH is 1. The van der Waals surface area contributed by atoms with E-state index >= 15 is 0 Å². The lowest BCUT2D eigenvalue weighted by Gasteiger charge is -2.26. The fourth-order valence-electron chi connectivity index (χ4n) is 2.42. The van der Waals surface area contributed by atoms with Crippen LogP contribution in [0.3, 0.4) is 0 Å². The summed E-state index contributed by atoms with van der Waals surface area (Å²) in [7, 11) is 1.40. The van der Waals surface area contributed by atoms with Crippen molar-refractivity contribution in [1.29, 1.82) is 0 Å². The van der Waals surface area contributed by atoms with Crippen LogP contribution in [0.15, 0.2) is 28.9 Å². The van der Waals surface area contributed by atoms with E-state index in [-0.39, 0.29) is 18.0 Å². The van der Waals surface area contributed by atoms with Gasteiger partial charge in [-0.2, -0.15) is 0 Å². The molecule has 0 saturated carbocycles. The Morgan fingerprint density at radius 1 is 1.59 bits per heavy atom. The summed E-state index contributed by atoms with van der Waals surface area (Å²) in [5.74, 6) is 0.783. The number of allylic oxidation sites excluding steroid dienone is 2. The van der Waals surface area contributed by atoms with Crippen LogP contribution < -0.4 is 16.0 Å². The molecule has 0 aromatic rings. The van der Waals surface area contributed by atoms with Gasteiger partial charge in [-0.3, -0.25) is 4.99 Å². The van der Waals surface area contributed by atoms with Crippen molar-refractivity contribution in [2.75, 3.05) is 13.7 Å². The van der Waals surface area contributed by atoms with Crippen molar-refractivity contribution in [2.45, 2.75) is 38.6 Å². The van der Waals surface area contributed by atoms with E-state index in [9.17, 15) is 9.90 Å². The first-order chi connectivity index (χ1) is 10.5. The van der Waals surface area contributed by atoms with E-state index in [1.807, 2.05) is 26.0 Å². The number of nitrogens with zero attached hydrogens (tertiary/aromatic N) is 1. The van der Waals surface area contributed by atoms with E-state index in [1.54, 1.807) is 0 Å². The number of fused-ring (bicyclic) bond motifs is 1. The Morgan fingerprint density at radius 2 is 2.36 bits per heavy atom. The summed E-state index contributed by atoms with van der Waals surface area (Å²) in [5.41, 5.74) is 1.06. The number of urea groups is 1. The van der Waals surface area contributed by atoms with Gasteiger partial charge in [-0.25, -0.2) is 4.79 Å². The van der Waals surface area contributed by atoms with Crippen molar-refractivity contribution < 1.29 is 14.6 Å². The lowest BCUT2D eigenvalue weighted by molar-refractivity contribution is -0.103. The van der Waals surface area contributed by atoms with Gasteiger partial charge in [-0.1, -0.05) is 26.0 Å². The fourth-order valence-corrected chi connectivity index (χ4v) is 2.42. The van der Waals surface area contributed by atoms with E-state index in [0.717, 1.165) is 18.0 Å². The molecule has 1 aliphatic heterocycles. The third-order valence-corrected chi connectivity index (χ3v) is 3.71. The number of rotatable bonds is 6. The van der Waals surface area contributed by atoms with Crippen molar-refractivity contribution in [3.63, 3.8) is 0 Å². The highest BCUT2D eigenvalue weighted by Crippen LogP contribution is 2.18. The molecule has 7 heteroatoms. The highest BCUT2D eigenvalue weighted by Gasteiger charge is 2.25. The highest BCUT2D eigenvalue weighted by atomic mass is 16.6. The minimum Gasteiger partial charge on any atom is -0.366 e. The zero-order valence-electron chi connectivity index (χ0n) is 13.2. The van der Waals surface area contributed by atoms with Gasteiger partial charge in [-0.15, -0.1) is 0 Å².